The molecule has 19 heavy (non-hydrogen) atoms. The minimum atomic E-state index is -0.00108. The monoisotopic (exact) mass is 258 g/mol. The molecule has 0 bridgehead atoms. The summed E-state index contributed by atoms with van der Waals surface area (Å²) in [6.07, 6.45) is 1.83. The van der Waals surface area contributed by atoms with Crippen LogP contribution in [0.25, 0.3) is 5.65 Å². The summed E-state index contributed by atoms with van der Waals surface area (Å²) in [5.74, 6) is 0. The minimum Gasteiger partial charge on any atom is -0.314 e. The SMILES string of the molecule is Cc1ccc2nc(CN3CCNCC3)cc(=O)n2c1. The Labute approximate surface area is 111 Å². The molecule has 1 fully saturated rings. The molecule has 0 unspecified atom stereocenters. The van der Waals surface area contributed by atoms with Crippen molar-refractivity contribution in [3.63, 3.8) is 0 Å². The Bertz CT molecular complexity index is 643. The highest BCUT2D eigenvalue weighted by atomic mass is 16.1. The molecule has 2 aromatic heterocycles. The topological polar surface area (TPSA) is 49.6 Å². The Morgan fingerprint density at radius 3 is 2.89 bits per heavy atom. The molecule has 0 aliphatic carbocycles. The molecule has 5 heteroatoms. The second-order valence-electron chi connectivity index (χ2n) is 5.05. The molecular formula is C14H18N4O. The summed E-state index contributed by atoms with van der Waals surface area (Å²) in [7, 11) is 0. The Morgan fingerprint density at radius 1 is 1.32 bits per heavy atom. The zero-order valence-electron chi connectivity index (χ0n) is 11.1. The Hall–Kier alpha value is -1.72. The third-order valence-corrected chi connectivity index (χ3v) is 3.46. The molecule has 0 spiro atoms. The highest BCUT2D eigenvalue weighted by molar-refractivity contribution is 5.39. The van der Waals surface area contributed by atoms with Gasteiger partial charge in [0.15, 0.2) is 0 Å². The molecule has 100 valence electrons. The van der Waals surface area contributed by atoms with Crippen molar-refractivity contribution in [2.75, 3.05) is 26.2 Å². The number of nitrogens with zero attached hydrogens (tertiary/aromatic N) is 3. The number of hydrogen-bond donors (Lipinski definition) is 1. The molecular weight excluding hydrogens is 240 g/mol. The van der Waals surface area contributed by atoms with Gasteiger partial charge in [-0.1, -0.05) is 6.07 Å². The predicted molar refractivity (Wildman–Crippen MR) is 74.3 cm³/mol. The Kier molecular flexibility index (Phi) is 3.31. The molecule has 0 atom stereocenters. The van der Waals surface area contributed by atoms with Crippen molar-refractivity contribution in [2.45, 2.75) is 13.5 Å². The molecule has 1 aliphatic heterocycles. The summed E-state index contributed by atoms with van der Waals surface area (Å²) < 4.78 is 1.61. The van der Waals surface area contributed by atoms with Crippen LogP contribution in [-0.2, 0) is 6.54 Å². The van der Waals surface area contributed by atoms with Crippen LogP contribution >= 0.6 is 0 Å². The lowest BCUT2D eigenvalue weighted by molar-refractivity contribution is 0.231. The van der Waals surface area contributed by atoms with E-state index in [9.17, 15) is 4.79 Å². The number of rotatable bonds is 2. The Balaban J connectivity index is 1.92. The third kappa shape index (κ3) is 2.67. The fourth-order valence-electron chi connectivity index (χ4n) is 2.44. The molecule has 1 aliphatic rings. The van der Waals surface area contributed by atoms with Gasteiger partial charge in [-0.15, -0.1) is 0 Å². The van der Waals surface area contributed by atoms with Crippen LogP contribution in [0.3, 0.4) is 0 Å². The molecule has 1 N–H and O–H groups in total. The fraction of sp³-hybridized carbons (Fsp3) is 0.429. The maximum atomic E-state index is 12.1. The summed E-state index contributed by atoms with van der Waals surface area (Å²) >= 11 is 0. The van der Waals surface area contributed by atoms with Gasteiger partial charge in [0.25, 0.3) is 5.56 Å². The maximum Gasteiger partial charge on any atom is 0.258 e. The van der Waals surface area contributed by atoms with Crippen molar-refractivity contribution in [1.82, 2.24) is 19.6 Å². The molecule has 3 rings (SSSR count). The molecule has 5 nitrogen and oxygen atoms in total. The number of nitrogens with one attached hydrogen (secondary N) is 1. The first-order chi connectivity index (χ1) is 9.22. The van der Waals surface area contributed by atoms with E-state index in [0.717, 1.165) is 49.6 Å². The van der Waals surface area contributed by atoms with Crippen LogP contribution in [-0.4, -0.2) is 40.5 Å². The molecule has 0 amide bonds. The second kappa shape index (κ2) is 5.11. The first-order valence-corrected chi connectivity index (χ1v) is 6.64. The first-order valence-electron chi connectivity index (χ1n) is 6.64. The molecule has 0 radical (unpaired) electrons. The zero-order valence-corrected chi connectivity index (χ0v) is 11.1. The van der Waals surface area contributed by atoms with E-state index in [4.69, 9.17) is 0 Å². The highest BCUT2D eigenvalue weighted by Crippen LogP contribution is 2.05. The summed E-state index contributed by atoms with van der Waals surface area (Å²) in [4.78, 5) is 19.0. The van der Waals surface area contributed by atoms with E-state index in [1.807, 2.05) is 25.3 Å². The van der Waals surface area contributed by atoms with Gasteiger partial charge in [0.2, 0.25) is 0 Å². The quantitative estimate of drug-likeness (QED) is 0.847. The average molecular weight is 258 g/mol. The van der Waals surface area contributed by atoms with Gasteiger partial charge in [0, 0.05) is 45.0 Å². The van der Waals surface area contributed by atoms with Crippen LogP contribution in [0.5, 0.6) is 0 Å². The summed E-state index contributed by atoms with van der Waals surface area (Å²) in [6, 6.07) is 5.53. The largest absolute Gasteiger partial charge is 0.314 e. The molecule has 0 aromatic carbocycles. The van der Waals surface area contributed by atoms with Crippen LogP contribution < -0.4 is 10.9 Å². The van der Waals surface area contributed by atoms with Crippen molar-refractivity contribution >= 4 is 5.65 Å². The normalized spacial score (nSPS) is 16.9. The number of aromatic nitrogens is 2. The van der Waals surface area contributed by atoms with Gasteiger partial charge in [-0.25, -0.2) is 4.98 Å². The van der Waals surface area contributed by atoms with Crippen molar-refractivity contribution in [1.29, 1.82) is 0 Å². The van der Waals surface area contributed by atoms with Gasteiger partial charge in [0.1, 0.15) is 5.65 Å². The Morgan fingerprint density at radius 2 is 2.11 bits per heavy atom. The van der Waals surface area contributed by atoms with Crippen molar-refractivity contribution in [2.24, 2.45) is 0 Å². The number of hydrogen-bond acceptors (Lipinski definition) is 4. The van der Waals surface area contributed by atoms with Gasteiger partial charge >= 0.3 is 0 Å². The fourth-order valence-corrected chi connectivity index (χ4v) is 2.44. The van der Waals surface area contributed by atoms with Crippen LogP contribution in [0.15, 0.2) is 29.2 Å². The average Bonchev–Trinajstić information content (AvgIpc) is 2.41. The molecule has 1 saturated heterocycles. The first kappa shape index (κ1) is 12.3. The summed E-state index contributed by atoms with van der Waals surface area (Å²) in [6.45, 7) is 6.75. The van der Waals surface area contributed by atoms with Crippen LogP contribution in [0.2, 0.25) is 0 Å². The van der Waals surface area contributed by atoms with E-state index >= 15 is 0 Å². The second-order valence-corrected chi connectivity index (χ2v) is 5.05. The van der Waals surface area contributed by atoms with E-state index in [1.54, 1.807) is 10.5 Å². The van der Waals surface area contributed by atoms with E-state index in [-0.39, 0.29) is 5.56 Å². The van der Waals surface area contributed by atoms with Crippen LogP contribution in [0.1, 0.15) is 11.3 Å². The van der Waals surface area contributed by atoms with Gasteiger partial charge in [-0.3, -0.25) is 14.1 Å². The van der Waals surface area contributed by atoms with E-state index in [1.165, 1.54) is 0 Å². The van der Waals surface area contributed by atoms with Gasteiger partial charge in [0.05, 0.1) is 5.69 Å². The van der Waals surface area contributed by atoms with Crippen molar-refractivity contribution < 1.29 is 0 Å². The predicted octanol–water partition coefficient (Wildman–Crippen LogP) is 0.408. The van der Waals surface area contributed by atoms with E-state index < -0.39 is 0 Å². The molecule has 0 saturated carbocycles. The van der Waals surface area contributed by atoms with E-state index in [2.05, 4.69) is 15.2 Å². The smallest absolute Gasteiger partial charge is 0.258 e. The van der Waals surface area contributed by atoms with Gasteiger partial charge in [-0.05, 0) is 18.6 Å². The summed E-state index contributed by atoms with van der Waals surface area (Å²) in [5.41, 5.74) is 2.64. The van der Waals surface area contributed by atoms with Crippen LogP contribution in [0.4, 0.5) is 0 Å². The molecule has 2 aromatic rings. The number of fused-ring (bicyclic) bond motifs is 1. The highest BCUT2D eigenvalue weighted by Gasteiger charge is 2.11. The standard InChI is InChI=1S/C14H18N4O/c1-11-2-3-13-16-12(8-14(19)18(13)9-11)10-17-6-4-15-5-7-17/h2-3,8-9,15H,4-7,10H2,1H3. The zero-order chi connectivity index (χ0) is 13.2. The lowest BCUT2D eigenvalue weighted by atomic mass is 10.3. The van der Waals surface area contributed by atoms with Crippen molar-refractivity contribution in [3.8, 4) is 0 Å². The van der Waals surface area contributed by atoms with Gasteiger partial charge < -0.3 is 5.32 Å². The maximum absolute atomic E-state index is 12.1. The number of piperazine rings is 1. The lowest BCUT2D eigenvalue weighted by Crippen LogP contribution is -2.43. The third-order valence-electron chi connectivity index (χ3n) is 3.46. The number of pyridine rings is 1. The van der Waals surface area contributed by atoms with Crippen molar-refractivity contribution in [3.05, 3.63) is 46.0 Å². The van der Waals surface area contributed by atoms with Gasteiger partial charge in [-0.2, -0.15) is 0 Å². The van der Waals surface area contributed by atoms with Crippen LogP contribution in [0, 0.1) is 6.92 Å². The number of aryl methyl sites for hydroxylation is 1. The minimum absolute atomic E-state index is 0.00108. The lowest BCUT2D eigenvalue weighted by Gasteiger charge is -2.26. The van der Waals surface area contributed by atoms with E-state index in [0.29, 0.717) is 0 Å². The molecule has 3 heterocycles. The summed E-state index contributed by atoms with van der Waals surface area (Å²) in [5, 5.41) is 3.32.